The van der Waals surface area contributed by atoms with Gasteiger partial charge in [-0.2, -0.15) is 5.10 Å². The third-order valence-corrected chi connectivity index (χ3v) is 6.09. The number of hydrogen-bond acceptors (Lipinski definition) is 4. The Bertz CT molecular complexity index is 1290. The van der Waals surface area contributed by atoms with Gasteiger partial charge in [-0.3, -0.25) is 9.48 Å². The number of halogens is 1. The lowest BCUT2D eigenvalue weighted by molar-refractivity contribution is -0.122. The maximum Gasteiger partial charge on any atom is 0.242 e. The Kier molecular flexibility index (Phi) is 6.65. The second kappa shape index (κ2) is 9.63. The molecule has 4 aromatic rings. The second-order valence-electron chi connectivity index (χ2n) is 8.22. The van der Waals surface area contributed by atoms with Crippen LogP contribution in [0.25, 0.3) is 11.5 Å². The lowest BCUT2D eigenvalue weighted by atomic mass is 10.1. The number of oxazole rings is 1. The number of aryl methyl sites for hydroxylation is 3. The van der Waals surface area contributed by atoms with Gasteiger partial charge in [0.05, 0.1) is 11.4 Å². The van der Waals surface area contributed by atoms with Crippen molar-refractivity contribution in [3.63, 3.8) is 0 Å². The molecule has 0 fully saturated rings. The zero-order valence-corrected chi connectivity index (χ0v) is 20.0. The van der Waals surface area contributed by atoms with Crippen LogP contribution in [0.3, 0.4) is 0 Å². The molecule has 0 aliphatic heterocycles. The summed E-state index contributed by atoms with van der Waals surface area (Å²) in [7, 11) is 0. The van der Waals surface area contributed by atoms with Crippen molar-refractivity contribution in [1.29, 1.82) is 0 Å². The first-order chi connectivity index (χ1) is 15.8. The van der Waals surface area contributed by atoms with E-state index in [2.05, 4.69) is 10.4 Å². The van der Waals surface area contributed by atoms with E-state index in [0.29, 0.717) is 23.9 Å². The SMILES string of the molecule is Cc1ccccc1-c1nc(Cc2c(C)nn(CC(=O)NCc3ccc(Cl)cc3)c2C)c(C)o1. The summed E-state index contributed by atoms with van der Waals surface area (Å²) < 4.78 is 7.73. The molecule has 0 aliphatic carbocycles. The minimum atomic E-state index is -0.0958. The van der Waals surface area contributed by atoms with Crippen LogP contribution in [0.15, 0.2) is 52.9 Å². The fourth-order valence-corrected chi connectivity index (χ4v) is 3.95. The zero-order valence-electron chi connectivity index (χ0n) is 19.3. The first kappa shape index (κ1) is 22.8. The van der Waals surface area contributed by atoms with Crippen molar-refractivity contribution in [1.82, 2.24) is 20.1 Å². The molecule has 0 atom stereocenters. The normalized spacial score (nSPS) is 11.1. The van der Waals surface area contributed by atoms with Crippen molar-refractivity contribution in [2.24, 2.45) is 0 Å². The number of carbonyl (C=O) groups is 1. The van der Waals surface area contributed by atoms with Crippen LogP contribution in [0, 0.1) is 27.7 Å². The van der Waals surface area contributed by atoms with E-state index in [1.54, 1.807) is 4.68 Å². The number of nitrogens with zero attached hydrogens (tertiary/aromatic N) is 3. The molecule has 2 aromatic carbocycles. The first-order valence-corrected chi connectivity index (χ1v) is 11.3. The average molecular weight is 463 g/mol. The number of hydrogen-bond donors (Lipinski definition) is 1. The Morgan fingerprint density at radius 3 is 2.52 bits per heavy atom. The highest BCUT2D eigenvalue weighted by Crippen LogP contribution is 2.27. The summed E-state index contributed by atoms with van der Waals surface area (Å²) >= 11 is 5.91. The van der Waals surface area contributed by atoms with Crippen LogP contribution in [0.5, 0.6) is 0 Å². The molecular formula is C26H27ClN4O2. The number of aromatic nitrogens is 3. The summed E-state index contributed by atoms with van der Waals surface area (Å²) in [4.78, 5) is 17.3. The summed E-state index contributed by atoms with van der Waals surface area (Å²) in [5.41, 5.74) is 6.89. The Hall–Kier alpha value is -3.38. The maximum atomic E-state index is 12.5. The largest absolute Gasteiger partial charge is 0.441 e. The zero-order chi connectivity index (χ0) is 23.5. The van der Waals surface area contributed by atoms with Gasteiger partial charge in [0.15, 0.2) is 0 Å². The van der Waals surface area contributed by atoms with E-state index in [0.717, 1.165) is 45.1 Å². The van der Waals surface area contributed by atoms with Crippen LogP contribution in [-0.4, -0.2) is 20.7 Å². The van der Waals surface area contributed by atoms with Crippen LogP contribution >= 0.6 is 11.6 Å². The van der Waals surface area contributed by atoms with Crippen LogP contribution < -0.4 is 5.32 Å². The van der Waals surface area contributed by atoms with Gasteiger partial charge >= 0.3 is 0 Å². The van der Waals surface area contributed by atoms with Crippen LogP contribution in [-0.2, 0) is 24.3 Å². The third kappa shape index (κ3) is 5.17. The summed E-state index contributed by atoms with van der Waals surface area (Å²) in [6.45, 7) is 8.53. The van der Waals surface area contributed by atoms with Gasteiger partial charge in [-0.25, -0.2) is 4.98 Å². The molecule has 1 N–H and O–H groups in total. The fourth-order valence-electron chi connectivity index (χ4n) is 3.83. The van der Waals surface area contributed by atoms with Gasteiger partial charge in [0.1, 0.15) is 12.3 Å². The van der Waals surface area contributed by atoms with Crippen molar-refractivity contribution in [2.45, 2.75) is 47.2 Å². The van der Waals surface area contributed by atoms with Crippen molar-refractivity contribution in [3.8, 4) is 11.5 Å². The molecule has 0 unspecified atom stereocenters. The van der Waals surface area contributed by atoms with Crippen LogP contribution in [0.4, 0.5) is 0 Å². The third-order valence-electron chi connectivity index (χ3n) is 5.84. The van der Waals surface area contributed by atoms with Crippen molar-refractivity contribution < 1.29 is 9.21 Å². The van der Waals surface area contributed by atoms with E-state index in [-0.39, 0.29) is 12.5 Å². The maximum absolute atomic E-state index is 12.5. The van der Waals surface area contributed by atoms with Gasteiger partial charge < -0.3 is 9.73 Å². The average Bonchev–Trinajstić information content (AvgIpc) is 3.28. The van der Waals surface area contributed by atoms with Crippen LogP contribution in [0.1, 0.15) is 39.5 Å². The van der Waals surface area contributed by atoms with E-state index in [9.17, 15) is 4.79 Å². The molecule has 0 saturated heterocycles. The Morgan fingerprint density at radius 1 is 1.06 bits per heavy atom. The van der Waals surface area contributed by atoms with E-state index in [1.807, 2.05) is 76.2 Å². The summed E-state index contributed by atoms with van der Waals surface area (Å²) in [5.74, 6) is 1.33. The van der Waals surface area contributed by atoms with Crippen molar-refractivity contribution in [3.05, 3.63) is 93.1 Å². The quantitative estimate of drug-likeness (QED) is 0.402. The van der Waals surface area contributed by atoms with Gasteiger partial charge in [-0.15, -0.1) is 0 Å². The minimum Gasteiger partial charge on any atom is -0.441 e. The number of nitrogens with one attached hydrogen (secondary N) is 1. The highest BCUT2D eigenvalue weighted by atomic mass is 35.5. The van der Waals surface area contributed by atoms with E-state index < -0.39 is 0 Å². The predicted octanol–water partition coefficient (Wildman–Crippen LogP) is 5.33. The molecule has 0 radical (unpaired) electrons. The molecule has 7 heteroatoms. The topological polar surface area (TPSA) is 73.0 Å². The van der Waals surface area contributed by atoms with E-state index in [4.69, 9.17) is 21.0 Å². The molecule has 0 spiro atoms. The molecule has 6 nitrogen and oxygen atoms in total. The minimum absolute atomic E-state index is 0.0958. The van der Waals surface area contributed by atoms with E-state index >= 15 is 0 Å². The Morgan fingerprint density at radius 2 is 1.79 bits per heavy atom. The summed E-state index contributed by atoms with van der Waals surface area (Å²) in [6, 6.07) is 15.5. The second-order valence-corrected chi connectivity index (χ2v) is 8.66. The number of carbonyl (C=O) groups excluding carboxylic acids is 1. The Labute approximate surface area is 198 Å². The fraction of sp³-hybridized carbons (Fsp3) is 0.269. The van der Waals surface area contributed by atoms with E-state index in [1.165, 1.54) is 0 Å². The number of benzene rings is 2. The standard InChI is InChI=1S/C26H27ClN4O2/c1-16-7-5-6-8-22(16)26-29-24(19(4)33-26)13-23-17(2)30-31(18(23)3)15-25(32)28-14-20-9-11-21(27)12-10-20/h5-12H,13-15H2,1-4H3,(H,28,32). The van der Waals surface area contributed by atoms with Gasteiger partial charge in [-0.1, -0.05) is 41.9 Å². The first-order valence-electron chi connectivity index (χ1n) is 10.9. The lowest BCUT2D eigenvalue weighted by Gasteiger charge is -2.08. The molecule has 33 heavy (non-hydrogen) atoms. The van der Waals surface area contributed by atoms with Gasteiger partial charge in [0.2, 0.25) is 11.8 Å². The van der Waals surface area contributed by atoms with Gasteiger partial charge in [0.25, 0.3) is 0 Å². The molecule has 2 heterocycles. The predicted molar refractivity (Wildman–Crippen MR) is 129 cm³/mol. The van der Waals surface area contributed by atoms with Gasteiger partial charge in [-0.05, 0) is 57.0 Å². The summed E-state index contributed by atoms with van der Waals surface area (Å²) in [6.07, 6.45) is 0.602. The van der Waals surface area contributed by atoms with Crippen LogP contribution in [0.2, 0.25) is 5.02 Å². The molecule has 0 aliphatic rings. The molecule has 170 valence electrons. The molecule has 2 aromatic heterocycles. The Balaban J connectivity index is 1.46. The van der Waals surface area contributed by atoms with Crippen molar-refractivity contribution >= 4 is 17.5 Å². The summed E-state index contributed by atoms with van der Waals surface area (Å²) in [5, 5.41) is 8.21. The molecule has 0 bridgehead atoms. The monoisotopic (exact) mass is 462 g/mol. The highest BCUT2D eigenvalue weighted by molar-refractivity contribution is 6.30. The highest BCUT2D eigenvalue weighted by Gasteiger charge is 2.19. The lowest BCUT2D eigenvalue weighted by Crippen LogP contribution is -2.28. The molecule has 0 saturated carbocycles. The van der Waals surface area contributed by atoms with Gasteiger partial charge in [0, 0.05) is 34.8 Å². The number of amides is 1. The number of rotatable bonds is 7. The molecular weight excluding hydrogens is 436 g/mol. The molecule has 4 rings (SSSR count). The molecule has 1 amide bonds. The smallest absolute Gasteiger partial charge is 0.242 e. The van der Waals surface area contributed by atoms with Crippen molar-refractivity contribution in [2.75, 3.05) is 0 Å².